The van der Waals surface area contributed by atoms with Gasteiger partial charge in [-0.2, -0.15) is 0 Å². The van der Waals surface area contributed by atoms with E-state index in [9.17, 15) is 8.78 Å². The van der Waals surface area contributed by atoms with Crippen LogP contribution in [0.15, 0.2) is 42.5 Å². The quantitative estimate of drug-likeness (QED) is 0.649. The lowest BCUT2D eigenvalue weighted by Crippen LogP contribution is -2.30. The molecular formula is C16H18F2N2. The van der Waals surface area contributed by atoms with Gasteiger partial charge >= 0.3 is 0 Å². The highest BCUT2D eigenvalue weighted by atomic mass is 19.1. The van der Waals surface area contributed by atoms with E-state index in [-0.39, 0.29) is 5.56 Å². The topological polar surface area (TPSA) is 38.0 Å². The van der Waals surface area contributed by atoms with E-state index in [0.29, 0.717) is 12.8 Å². The lowest BCUT2D eigenvalue weighted by atomic mass is 9.98. The summed E-state index contributed by atoms with van der Waals surface area (Å²) < 4.78 is 27.5. The van der Waals surface area contributed by atoms with E-state index in [1.54, 1.807) is 0 Å². The third kappa shape index (κ3) is 3.40. The minimum Gasteiger partial charge on any atom is -0.271 e. The van der Waals surface area contributed by atoms with Gasteiger partial charge in [-0.15, -0.1) is 0 Å². The number of aryl methyl sites for hydroxylation is 2. The number of nitrogens with two attached hydrogens (primary N) is 1. The Morgan fingerprint density at radius 3 is 2.35 bits per heavy atom. The van der Waals surface area contributed by atoms with Crippen molar-refractivity contribution < 1.29 is 8.78 Å². The first kappa shape index (κ1) is 14.6. The summed E-state index contributed by atoms with van der Waals surface area (Å²) in [7, 11) is 0. The van der Waals surface area contributed by atoms with Crippen LogP contribution >= 0.6 is 0 Å². The molecule has 1 atom stereocenters. The Bertz CT molecular complexity index is 564. The molecule has 1 unspecified atom stereocenters. The summed E-state index contributed by atoms with van der Waals surface area (Å²) in [5.41, 5.74) is 4.80. The SMILES string of the molecule is Cc1cccc(CCC(NN)c2c(F)cccc2F)c1. The van der Waals surface area contributed by atoms with Crippen LogP contribution in [0.25, 0.3) is 0 Å². The molecule has 4 heteroatoms. The fourth-order valence-electron chi connectivity index (χ4n) is 2.33. The Hall–Kier alpha value is -1.78. The van der Waals surface area contributed by atoms with Gasteiger partial charge in [0.25, 0.3) is 0 Å². The molecule has 20 heavy (non-hydrogen) atoms. The van der Waals surface area contributed by atoms with Gasteiger partial charge in [-0.05, 0) is 37.5 Å². The summed E-state index contributed by atoms with van der Waals surface area (Å²) in [4.78, 5) is 0. The minimum atomic E-state index is -0.572. The van der Waals surface area contributed by atoms with Gasteiger partial charge in [-0.3, -0.25) is 11.3 Å². The van der Waals surface area contributed by atoms with Crippen LogP contribution in [0.1, 0.15) is 29.2 Å². The second-order valence-corrected chi connectivity index (χ2v) is 4.88. The van der Waals surface area contributed by atoms with Gasteiger partial charge in [0.15, 0.2) is 0 Å². The van der Waals surface area contributed by atoms with Crippen molar-refractivity contribution >= 4 is 0 Å². The first-order valence-corrected chi connectivity index (χ1v) is 6.57. The zero-order valence-electron chi connectivity index (χ0n) is 11.4. The van der Waals surface area contributed by atoms with Crippen LogP contribution in [-0.4, -0.2) is 0 Å². The number of hydrazine groups is 1. The zero-order chi connectivity index (χ0) is 14.5. The maximum Gasteiger partial charge on any atom is 0.130 e. The van der Waals surface area contributed by atoms with Crippen molar-refractivity contribution in [1.29, 1.82) is 0 Å². The molecule has 2 aromatic carbocycles. The van der Waals surface area contributed by atoms with E-state index < -0.39 is 17.7 Å². The van der Waals surface area contributed by atoms with Crippen molar-refractivity contribution in [2.24, 2.45) is 5.84 Å². The van der Waals surface area contributed by atoms with Crippen LogP contribution in [0.4, 0.5) is 8.78 Å². The molecule has 0 aliphatic heterocycles. The van der Waals surface area contributed by atoms with Crippen LogP contribution in [-0.2, 0) is 6.42 Å². The predicted molar refractivity (Wildman–Crippen MR) is 75.9 cm³/mol. The second kappa shape index (κ2) is 6.59. The molecule has 0 aromatic heterocycles. The number of benzene rings is 2. The number of nitrogens with one attached hydrogen (secondary N) is 1. The number of hydrogen-bond donors (Lipinski definition) is 2. The first-order valence-electron chi connectivity index (χ1n) is 6.57. The molecule has 0 saturated heterocycles. The van der Waals surface area contributed by atoms with Gasteiger partial charge < -0.3 is 0 Å². The first-order chi connectivity index (χ1) is 9.61. The van der Waals surface area contributed by atoms with E-state index in [4.69, 9.17) is 5.84 Å². The highest BCUT2D eigenvalue weighted by Gasteiger charge is 2.18. The average Bonchev–Trinajstić information content (AvgIpc) is 2.42. The lowest BCUT2D eigenvalue weighted by Gasteiger charge is -2.17. The smallest absolute Gasteiger partial charge is 0.130 e. The van der Waals surface area contributed by atoms with Gasteiger partial charge in [0.1, 0.15) is 11.6 Å². The van der Waals surface area contributed by atoms with Crippen molar-refractivity contribution in [2.75, 3.05) is 0 Å². The number of halogens is 2. The van der Waals surface area contributed by atoms with Crippen molar-refractivity contribution in [3.63, 3.8) is 0 Å². The minimum absolute atomic E-state index is 0.00246. The predicted octanol–water partition coefficient (Wildman–Crippen LogP) is 3.41. The highest BCUT2D eigenvalue weighted by molar-refractivity contribution is 5.25. The van der Waals surface area contributed by atoms with Gasteiger partial charge in [-0.1, -0.05) is 35.9 Å². The second-order valence-electron chi connectivity index (χ2n) is 4.88. The lowest BCUT2D eigenvalue weighted by molar-refractivity contribution is 0.454. The van der Waals surface area contributed by atoms with Crippen molar-refractivity contribution in [3.8, 4) is 0 Å². The molecule has 0 spiro atoms. The Kier molecular flexibility index (Phi) is 4.82. The maximum atomic E-state index is 13.7. The molecule has 0 saturated carbocycles. The Morgan fingerprint density at radius 1 is 1.10 bits per heavy atom. The molecule has 0 radical (unpaired) electrons. The summed E-state index contributed by atoms with van der Waals surface area (Å²) in [6, 6.07) is 11.3. The Balaban J connectivity index is 2.13. The molecule has 106 valence electrons. The monoisotopic (exact) mass is 276 g/mol. The van der Waals surface area contributed by atoms with Crippen molar-refractivity contribution in [1.82, 2.24) is 5.43 Å². The fraction of sp³-hybridized carbons (Fsp3) is 0.250. The normalized spacial score (nSPS) is 12.4. The maximum absolute atomic E-state index is 13.7. The van der Waals surface area contributed by atoms with E-state index in [1.165, 1.54) is 18.2 Å². The molecule has 0 bridgehead atoms. The standard InChI is InChI=1S/C16H18F2N2/c1-11-4-2-5-12(10-11)8-9-15(20-19)16-13(17)6-3-7-14(16)18/h2-7,10,15,20H,8-9,19H2,1H3. The third-order valence-corrected chi connectivity index (χ3v) is 3.35. The van der Waals surface area contributed by atoms with Gasteiger partial charge in [0.2, 0.25) is 0 Å². The van der Waals surface area contributed by atoms with Gasteiger partial charge in [-0.25, -0.2) is 8.78 Å². The summed E-state index contributed by atoms with van der Waals surface area (Å²) in [5.74, 6) is 4.31. The average molecular weight is 276 g/mol. The molecule has 0 aliphatic rings. The van der Waals surface area contributed by atoms with E-state index in [0.717, 1.165) is 11.1 Å². The van der Waals surface area contributed by atoms with Crippen LogP contribution < -0.4 is 11.3 Å². The number of rotatable bonds is 5. The molecule has 2 nitrogen and oxygen atoms in total. The van der Waals surface area contributed by atoms with Crippen molar-refractivity contribution in [3.05, 3.63) is 70.8 Å². The summed E-state index contributed by atoms with van der Waals surface area (Å²) in [6.07, 6.45) is 1.22. The Labute approximate surface area is 117 Å². The summed E-state index contributed by atoms with van der Waals surface area (Å²) in [5, 5.41) is 0. The van der Waals surface area contributed by atoms with E-state index in [2.05, 4.69) is 11.5 Å². The summed E-state index contributed by atoms with van der Waals surface area (Å²) >= 11 is 0. The Morgan fingerprint density at radius 2 is 1.75 bits per heavy atom. The van der Waals surface area contributed by atoms with Crippen molar-refractivity contribution in [2.45, 2.75) is 25.8 Å². The van der Waals surface area contributed by atoms with Crippen LogP contribution in [0.3, 0.4) is 0 Å². The van der Waals surface area contributed by atoms with E-state index in [1.807, 2.05) is 25.1 Å². The van der Waals surface area contributed by atoms with Crippen LogP contribution in [0.2, 0.25) is 0 Å². The van der Waals surface area contributed by atoms with Crippen LogP contribution in [0, 0.1) is 18.6 Å². The fourth-order valence-corrected chi connectivity index (χ4v) is 2.33. The van der Waals surface area contributed by atoms with Gasteiger partial charge in [0.05, 0.1) is 6.04 Å². The zero-order valence-corrected chi connectivity index (χ0v) is 11.4. The molecule has 3 N–H and O–H groups in total. The molecule has 2 aromatic rings. The van der Waals surface area contributed by atoms with E-state index >= 15 is 0 Å². The molecule has 0 fully saturated rings. The molecule has 0 amide bonds. The largest absolute Gasteiger partial charge is 0.271 e. The third-order valence-electron chi connectivity index (χ3n) is 3.35. The molecule has 0 aliphatic carbocycles. The molecule has 2 rings (SSSR count). The molecule has 0 heterocycles. The number of hydrogen-bond acceptors (Lipinski definition) is 2. The summed E-state index contributed by atoms with van der Waals surface area (Å²) in [6.45, 7) is 2.01. The highest BCUT2D eigenvalue weighted by Crippen LogP contribution is 2.24. The van der Waals surface area contributed by atoms with Gasteiger partial charge in [0, 0.05) is 5.56 Å². The van der Waals surface area contributed by atoms with Crippen LogP contribution in [0.5, 0.6) is 0 Å². The molecular weight excluding hydrogens is 258 g/mol.